The molecule has 2 heterocycles. The summed E-state index contributed by atoms with van der Waals surface area (Å²) in [7, 11) is 0. The first kappa shape index (κ1) is 13.7. The molecule has 0 unspecified atom stereocenters. The van der Waals surface area contributed by atoms with Gasteiger partial charge in [-0.2, -0.15) is 0 Å². The zero-order chi connectivity index (χ0) is 14.8. The molecule has 1 aromatic carbocycles. The molecular weight excluding hydrogens is 286 g/mol. The number of fused-ring (bicyclic) bond motifs is 1. The van der Waals surface area contributed by atoms with Crippen LogP contribution in [0, 0.1) is 0 Å². The first-order valence-electron chi connectivity index (χ1n) is 6.61. The second kappa shape index (κ2) is 5.61. The number of hydrogen-bond acceptors (Lipinski definition) is 4. The van der Waals surface area contributed by atoms with Gasteiger partial charge in [-0.25, -0.2) is 0 Å². The van der Waals surface area contributed by atoms with E-state index in [2.05, 4.69) is 15.2 Å². The van der Waals surface area contributed by atoms with Crippen LogP contribution in [0.15, 0.2) is 35.6 Å². The average molecular weight is 301 g/mol. The van der Waals surface area contributed by atoms with Crippen LogP contribution in [0.3, 0.4) is 0 Å². The number of nitrogens with one attached hydrogen (secondary N) is 1. The van der Waals surface area contributed by atoms with Gasteiger partial charge in [-0.15, -0.1) is 10.2 Å². The quantitative estimate of drug-likeness (QED) is 0.706. The Hall–Kier alpha value is -2.28. The second-order valence-corrected chi connectivity index (χ2v) is 5.50. The lowest BCUT2D eigenvalue weighted by Crippen LogP contribution is -2.13. The summed E-state index contributed by atoms with van der Waals surface area (Å²) >= 11 is 1.31. The van der Waals surface area contributed by atoms with Crippen molar-refractivity contribution in [1.29, 1.82) is 0 Å². The second-order valence-electron chi connectivity index (χ2n) is 4.55. The molecule has 0 bridgehead atoms. The molecule has 3 rings (SSSR count). The van der Waals surface area contributed by atoms with Crippen molar-refractivity contribution in [2.75, 3.05) is 5.75 Å². The summed E-state index contributed by atoms with van der Waals surface area (Å²) in [5.74, 6) is 0.632. The third kappa shape index (κ3) is 2.52. The van der Waals surface area contributed by atoms with Crippen LogP contribution in [0.1, 0.15) is 6.92 Å². The maximum atomic E-state index is 10.9. The van der Waals surface area contributed by atoms with Crippen molar-refractivity contribution in [3.05, 3.63) is 30.5 Å². The molecule has 3 aromatic rings. The lowest BCUT2D eigenvalue weighted by atomic mass is 10.1. The number of carbonyl (C=O) groups excluding carboxylic acids is 1. The van der Waals surface area contributed by atoms with Crippen LogP contribution in [0.5, 0.6) is 0 Å². The van der Waals surface area contributed by atoms with Gasteiger partial charge < -0.3 is 15.3 Å². The third-order valence-electron chi connectivity index (χ3n) is 3.21. The molecule has 0 radical (unpaired) electrons. The van der Waals surface area contributed by atoms with E-state index in [9.17, 15) is 4.79 Å². The predicted molar refractivity (Wildman–Crippen MR) is 82.9 cm³/mol. The molecule has 0 aliphatic heterocycles. The van der Waals surface area contributed by atoms with Crippen LogP contribution < -0.4 is 5.73 Å². The van der Waals surface area contributed by atoms with E-state index in [0.29, 0.717) is 5.16 Å². The molecule has 1 amide bonds. The lowest BCUT2D eigenvalue weighted by Gasteiger charge is -2.05. The van der Waals surface area contributed by atoms with Gasteiger partial charge in [-0.3, -0.25) is 4.79 Å². The van der Waals surface area contributed by atoms with Crippen LogP contribution in [0.2, 0.25) is 0 Å². The predicted octanol–water partition coefficient (Wildman–Crippen LogP) is 2.02. The van der Waals surface area contributed by atoms with Crippen molar-refractivity contribution in [3.63, 3.8) is 0 Å². The van der Waals surface area contributed by atoms with E-state index in [1.807, 2.05) is 42.0 Å². The Labute approximate surface area is 125 Å². The normalized spacial score (nSPS) is 11.1. The Bertz CT molecular complexity index is 792. The standard InChI is InChI=1S/C14H15N5OS/c1-2-19-13(17-18-14(19)21-8-12(15)20)10-7-16-11-6-4-3-5-9(10)11/h3-7,16H,2,8H2,1H3,(H2,15,20). The van der Waals surface area contributed by atoms with Crippen LogP contribution in [0.4, 0.5) is 0 Å². The third-order valence-corrected chi connectivity index (χ3v) is 4.20. The number of nitrogens with two attached hydrogens (primary N) is 1. The largest absolute Gasteiger partial charge is 0.369 e. The number of thioether (sulfide) groups is 1. The van der Waals surface area contributed by atoms with Crippen molar-refractivity contribution in [3.8, 4) is 11.4 Å². The van der Waals surface area contributed by atoms with Crippen LogP contribution in [0.25, 0.3) is 22.3 Å². The highest BCUT2D eigenvalue weighted by Crippen LogP contribution is 2.29. The Morgan fingerprint density at radius 1 is 1.38 bits per heavy atom. The SMILES string of the molecule is CCn1c(SCC(N)=O)nnc1-c1c[nH]c2ccccc12. The number of H-pyrrole nitrogens is 1. The number of carbonyl (C=O) groups is 1. The Morgan fingerprint density at radius 2 is 2.19 bits per heavy atom. The number of benzene rings is 1. The number of primary amides is 1. The van der Waals surface area contributed by atoms with Crippen molar-refractivity contribution in [2.45, 2.75) is 18.6 Å². The summed E-state index contributed by atoms with van der Waals surface area (Å²) in [6.07, 6.45) is 1.93. The molecule has 21 heavy (non-hydrogen) atoms. The van der Waals surface area contributed by atoms with Gasteiger partial charge in [0.1, 0.15) is 0 Å². The van der Waals surface area contributed by atoms with E-state index < -0.39 is 0 Å². The maximum absolute atomic E-state index is 10.9. The van der Waals surface area contributed by atoms with Gasteiger partial charge in [-0.05, 0) is 13.0 Å². The fourth-order valence-electron chi connectivity index (χ4n) is 2.27. The summed E-state index contributed by atoms with van der Waals surface area (Å²) in [5.41, 5.74) is 7.25. The molecule has 0 spiro atoms. The Kier molecular flexibility index (Phi) is 3.66. The van der Waals surface area contributed by atoms with Crippen molar-refractivity contribution >= 4 is 28.6 Å². The minimum absolute atomic E-state index is 0.200. The summed E-state index contributed by atoms with van der Waals surface area (Å²) in [5, 5.41) is 10.3. The molecule has 0 aliphatic rings. The number of nitrogens with zero attached hydrogens (tertiary/aromatic N) is 3. The van der Waals surface area contributed by atoms with E-state index in [4.69, 9.17) is 5.73 Å². The zero-order valence-electron chi connectivity index (χ0n) is 11.5. The summed E-state index contributed by atoms with van der Waals surface area (Å²) < 4.78 is 1.99. The highest BCUT2D eigenvalue weighted by molar-refractivity contribution is 7.99. The van der Waals surface area contributed by atoms with Crippen molar-refractivity contribution < 1.29 is 4.79 Å². The van der Waals surface area contributed by atoms with E-state index in [-0.39, 0.29) is 11.7 Å². The Morgan fingerprint density at radius 3 is 2.95 bits per heavy atom. The smallest absolute Gasteiger partial charge is 0.227 e. The van der Waals surface area contributed by atoms with E-state index in [1.54, 1.807) is 0 Å². The van der Waals surface area contributed by atoms with Crippen molar-refractivity contribution in [1.82, 2.24) is 19.7 Å². The first-order chi connectivity index (χ1) is 10.2. The highest BCUT2D eigenvalue weighted by Gasteiger charge is 2.16. The molecule has 0 aliphatic carbocycles. The fourth-order valence-corrected chi connectivity index (χ4v) is 3.01. The van der Waals surface area contributed by atoms with Gasteiger partial charge in [0, 0.05) is 29.2 Å². The number of aromatic nitrogens is 4. The minimum atomic E-state index is -0.362. The monoisotopic (exact) mass is 301 g/mol. The van der Waals surface area contributed by atoms with Gasteiger partial charge in [0.15, 0.2) is 11.0 Å². The molecule has 6 nitrogen and oxygen atoms in total. The molecule has 0 fully saturated rings. The summed E-state index contributed by atoms with van der Waals surface area (Å²) in [4.78, 5) is 14.2. The number of amides is 1. The van der Waals surface area contributed by atoms with Gasteiger partial charge in [0.05, 0.1) is 5.75 Å². The van der Waals surface area contributed by atoms with Gasteiger partial charge in [-0.1, -0.05) is 30.0 Å². The van der Waals surface area contributed by atoms with Crippen molar-refractivity contribution in [2.24, 2.45) is 5.73 Å². The van der Waals surface area contributed by atoms with E-state index in [0.717, 1.165) is 28.8 Å². The number of para-hydroxylation sites is 1. The zero-order valence-corrected chi connectivity index (χ0v) is 12.4. The first-order valence-corrected chi connectivity index (χ1v) is 7.60. The molecule has 0 atom stereocenters. The minimum Gasteiger partial charge on any atom is -0.369 e. The molecule has 108 valence electrons. The van der Waals surface area contributed by atoms with Crippen LogP contribution in [-0.2, 0) is 11.3 Å². The summed E-state index contributed by atoms with van der Waals surface area (Å²) in [6, 6.07) is 8.05. The number of hydrogen-bond donors (Lipinski definition) is 2. The maximum Gasteiger partial charge on any atom is 0.227 e. The molecule has 7 heteroatoms. The lowest BCUT2D eigenvalue weighted by molar-refractivity contribution is -0.115. The van der Waals surface area contributed by atoms with E-state index in [1.165, 1.54) is 11.8 Å². The average Bonchev–Trinajstić information content (AvgIpc) is 3.08. The molecule has 2 aromatic heterocycles. The molecule has 3 N–H and O–H groups in total. The van der Waals surface area contributed by atoms with E-state index >= 15 is 0 Å². The van der Waals surface area contributed by atoms with Gasteiger partial charge >= 0.3 is 0 Å². The van der Waals surface area contributed by atoms with Gasteiger partial charge in [0.25, 0.3) is 0 Å². The van der Waals surface area contributed by atoms with Crippen LogP contribution in [-0.4, -0.2) is 31.4 Å². The van der Waals surface area contributed by atoms with Crippen LogP contribution >= 0.6 is 11.8 Å². The topological polar surface area (TPSA) is 89.6 Å². The Balaban J connectivity index is 2.04. The molecular formula is C14H15N5OS. The number of aromatic amines is 1. The highest BCUT2D eigenvalue weighted by atomic mass is 32.2. The molecule has 0 saturated carbocycles. The van der Waals surface area contributed by atoms with Gasteiger partial charge in [0.2, 0.25) is 5.91 Å². The summed E-state index contributed by atoms with van der Waals surface area (Å²) in [6.45, 7) is 2.75. The fraction of sp³-hybridized carbons (Fsp3) is 0.214. The molecule has 0 saturated heterocycles. The number of rotatable bonds is 5.